The normalized spacial score (nSPS) is 14.7. The number of nitrogens with one attached hydrogen (secondary N) is 1. The van der Waals surface area contributed by atoms with Crippen molar-refractivity contribution in [2.45, 2.75) is 0 Å². The number of nitrogens with zero attached hydrogens (tertiary/aromatic N) is 1. The first kappa shape index (κ1) is 14.0. The second-order valence-electron chi connectivity index (χ2n) is 2.78. The van der Waals surface area contributed by atoms with E-state index in [1.54, 1.807) is 6.33 Å². The van der Waals surface area contributed by atoms with Crippen molar-refractivity contribution in [2.75, 3.05) is 0 Å². The van der Waals surface area contributed by atoms with Crippen LogP contribution >= 0.6 is 0 Å². The van der Waals surface area contributed by atoms with Crippen LogP contribution in [0.1, 0.15) is 0 Å². The summed E-state index contributed by atoms with van der Waals surface area (Å²) in [5, 5.41) is 0. The SMILES string of the molecule is O=S(=O)(O)S(=O)(O)=S.c1ccc2[nH]cnc2c1. The molecule has 0 fully saturated rings. The Morgan fingerprint density at radius 1 is 1.18 bits per heavy atom. The number of imidazole rings is 1. The Labute approximate surface area is 102 Å². The van der Waals surface area contributed by atoms with Gasteiger partial charge in [-0.1, -0.05) is 12.1 Å². The second-order valence-corrected chi connectivity index (χ2v) is 9.09. The molecule has 2 aromatic rings. The summed E-state index contributed by atoms with van der Waals surface area (Å²) in [7, 11) is -9.42. The molecule has 1 aromatic heterocycles. The number of aromatic nitrogens is 2. The molecule has 1 atom stereocenters. The second kappa shape index (κ2) is 5.06. The molecule has 17 heavy (non-hydrogen) atoms. The number of aromatic amines is 1. The number of para-hydroxylation sites is 2. The smallest absolute Gasteiger partial charge is 0.345 e. The van der Waals surface area contributed by atoms with Crippen LogP contribution in [0.4, 0.5) is 0 Å². The molecule has 1 unspecified atom stereocenters. The Hall–Kier alpha value is -1.07. The Balaban J connectivity index is 0.000000172. The van der Waals surface area contributed by atoms with Gasteiger partial charge in [-0.15, -0.1) is 0 Å². The van der Waals surface area contributed by atoms with Crippen molar-refractivity contribution in [3.8, 4) is 0 Å². The number of fused-ring (bicyclic) bond motifs is 1. The number of benzene rings is 1. The molecular weight excluding hydrogens is 288 g/mol. The van der Waals surface area contributed by atoms with E-state index < -0.39 is 17.0 Å². The van der Waals surface area contributed by atoms with Gasteiger partial charge in [-0.3, -0.25) is 9.11 Å². The Bertz CT molecular complexity index is 644. The highest BCUT2D eigenvalue weighted by atomic mass is 33.4. The maximum absolute atomic E-state index is 9.74. The third kappa shape index (κ3) is 4.02. The predicted octanol–water partition coefficient (Wildman–Crippen LogP) is 0.571. The van der Waals surface area contributed by atoms with Crippen molar-refractivity contribution in [2.24, 2.45) is 0 Å². The lowest BCUT2D eigenvalue weighted by Crippen LogP contribution is -2.10. The lowest BCUT2D eigenvalue weighted by molar-refractivity contribution is 0.487. The summed E-state index contributed by atoms with van der Waals surface area (Å²) < 4.78 is 44.5. The summed E-state index contributed by atoms with van der Waals surface area (Å²) in [6, 6.07) is 7.94. The molecule has 0 radical (unpaired) electrons. The van der Waals surface area contributed by atoms with E-state index in [0.29, 0.717) is 0 Å². The van der Waals surface area contributed by atoms with Crippen LogP contribution in [0.25, 0.3) is 11.0 Å². The molecular formula is C7H8N2O5S3. The lowest BCUT2D eigenvalue weighted by atomic mass is 10.3. The van der Waals surface area contributed by atoms with Crippen LogP contribution in [0, 0.1) is 0 Å². The molecule has 0 spiro atoms. The predicted molar refractivity (Wildman–Crippen MR) is 65.8 cm³/mol. The van der Waals surface area contributed by atoms with Gasteiger partial charge < -0.3 is 4.98 Å². The molecule has 94 valence electrons. The maximum atomic E-state index is 9.74. The van der Waals surface area contributed by atoms with Gasteiger partial charge in [-0.05, 0) is 12.1 Å². The Morgan fingerprint density at radius 2 is 1.71 bits per heavy atom. The molecule has 0 saturated carbocycles. The topological polar surface area (TPSA) is 120 Å². The summed E-state index contributed by atoms with van der Waals surface area (Å²) in [6.07, 6.45) is 1.70. The van der Waals surface area contributed by atoms with Gasteiger partial charge in [-0.2, -0.15) is 8.42 Å². The molecule has 0 amide bonds. The monoisotopic (exact) mass is 296 g/mol. The number of H-pyrrole nitrogens is 1. The average molecular weight is 296 g/mol. The highest BCUT2D eigenvalue weighted by molar-refractivity contribution is 8.77. The van der Waals surface area contributed by atoms with E-state index in [0.717, 1.165) is 11.0 Å². The largest absolute Gasteiger partial charge is 0.372 e. The molecule has 7 nitrogen and oxygen atoms in total. The van der Waals surface area contributed by atoms with Crippen LogP contribution in [0.3, 0.4) is 0 Å². The fourth-order valence-corrected chi connectivity index (χ4v) is 0.880. The van der Waals surface area contributed by atoms with E-state index in [4.69, 9.17) is 9.11 Å². The van der Waals surface area contributed by atoms with E-state index in [9.17, 15) is 12.6 Å². The molecule has 0 aliphatic heterocycles. The lowest BCUT2D eigenvalue weighted by Gasteiger charge is -1.88. The summed E-state index contributed by atoms with van der Waals surface area (Å²) >= 11 is 3.47. The average Bonchev–Trinajstić information content (AvgIpc) is 2.62. The van der Waals surface area contributed by atoms with Crippen LogP contribution in [0.2, 0.25) is 0 Å². The molecule has 0 aliphatic rings. The Kier molecular flexibility index (Phi) is 4.16. The van der Waals surface area contributed by atoms with Crippen molar-refractivity contribution in [1.29, 1.82) is 0 Å². The van der Waals surface area contributed by atoms with Gasteiger partial charge >= 0.3 is 9.15 Å². The zero-order valence-corrected chi connectivity index (χ0v) is 10.6. The minimum Gasteiger partial charge on any atom is -0.345 e. The van der Waals surface area contributed by atoms with Crippen LogP contribution in [-0.2, 0) is 28.1 Å². The molecule has 3 N–H and O–H groups in total. The van der Waals surface area contributed by atoms with Crippen LogP contribution in [0.5, 0.6) is 0 Å². The van der Waals surface area contributed by atoms with Crippen LogP contribution < -0.4 is 0 Å². The van der Waals surface area contributed by atoms with Crippen LogP contribution in [0.15, 0.2) is 30.6 Å². The zero-order valence-electron chi connectivity index (χ0n) is 8.18. The van der Waals surface area contributed by atoms with E-state index in [2.05, 4.69) is 21.2 Å². The standard InChI is InChI=1S/C7H6N2.H2O5S3/c1-2-4-7-6(3-1)8-5-9-7;1-7(2,3)8(4,5)6/h1-5H,(H,8,9);(H,1,2,3)(H,4,5,6). The van der Waals surface area contributed by atoms with Gasteiger partial charge in [0.05, 0.1) is 17.4 Å². The molecule has 1 aromatic carbocycles. The summed E-state index contributed by atoms with van der Waals surface area (Å²) in [6.45, 7) is 0. The fraction of sp³-hybridized carbons (Fsp3) is 0. The third-order valence-electron chi connectivity index (χ3n) is 1.59. The van der Waals surface area contributed by atoms with Crippen molar-refractivity contribution in [3.63, 3.8) is 0 Å². The van der Waals surface area contributed by atoms with E-state index >= 15 is 0 Å². The van der Waals surface area contributed by atoms with Gasteiger partial charge in [0.25, 0.3) is 7.80 Å². The molecule has 0 bridgehead atoms. The first-order valence-corrected chi connectivity index (χ1v) is 8.44. The summed E-state index contributed by atoms with van der Waals surface area (Å²) in [5.41, 5.74) is 2.12. The van der Waals surface area contributed by atoms with Gasteiger partial charge in [0.15, 0.2) is 0 Å². The zero-order chi connectivity index (χ0) is 13.1. The van der Waals surface area contributed by atoms with Gasteiger partial charge in [-0.25, -0.2) is 9.19 Å². The van der Waals surface area contributed by atoms with Crippen molar-refractivity contribution in [1.82, 2.24) is 9.97 Å². The van der Waals surface area contributed by atoms with E-state index in [1.165, 1.54) is 0 Å². The fourth-order valence-electron chi connectivity index (χ4n) is 0.880. The van der Waals surface area contributed by atoms with Gasteiger partial charge in [0.2, 0.25) is 0 Å². The molecule has 0 aliphatic carbocycles. The molecule has 0 saturated heterocycles. The van der Waals surface area contributed by atoms with Crippen molar-refractivity contribution in [3.05, 3.63) is 30.6 Å². The van der Waals surface area contributed by atoms with Gasteiger partial charge in [0.1, 0.15) is 0 Å². The summed E-state index contributed by atoms with van der Waals surface area (Å²) in [4.78, 5) is 7.07. The third-order valence-corrected chi connectivity index (χ3v) is 5.27. The molecule has 2 rings (SSSR count). The minimum absolute atomic E-state index is 1.03. The molecule has 10 heteroatoms. The van der Waals surface area contributed by atoms with E-state index in [-0.39, 0.29) is 0 Å². The Morgan fingerprint density at radius 3 is 2.18 bits per heavy atom. The highest BCUT2D eigenvalue weighted by Gasteiger charge is 2.17. The van der Waals surface area contributed by atoms with E-state index in [1.807, 2.05) is 24.3 Å². The minimum atomic E-state index is -4.94. The first-order chi connectivity index (χ1) is 7.72. The summed E-state index contributed by atoms with van der Waals surface area (Å²) in [5.74, 6) is 0. The number of rotatable bonds is 1. The van der Waals surface area contributed by atoms with Gasteiger partial charge in [0, 0.05) is 11.2 Å². The maximum Gasteiger partial charge on any atom is 0.372 e. The number of hydrogen-bond donors (Lipinski definition) is 3. The quantitative estimate of drug-likeness (QED) is 0.519. The number of hydrogen-bond acceptors (Lipinski definition) is 5. The first-order valence-electron chi connectivity index (χ1n) is 4.05. The van der Waals surface area contributed by atoms with Crippen molar-refractivity contribution >= 4 is 39.2 Å². The highest BCUT2D eigenvalue weighted by Crippen LogP contribution is 2.05. The van der Waals surface area contributed by atoms with Crippen LogP contribution in [-0.4, -0.2) is 31.7 Å². The molecule has 1 heterocycles. The van der Waals surface area contributed by atoms with Crippen molar-refractivity contribution < 1.29 is 21.7 Å².